The summed E-state index contributed by atoms with van der Waals surface area (Å²) in [6.45, 7) is 14.5. The summed E-state index contributed by atoms with van der Waals surface area (Å²) in [6, 6.07) is 16.3. The van der Waals surface area contributed by atoms with E-state index in [1.807, 2.05) is 81.4 Å². The van der Waals surface area contributed by atoms with Gasteiger partial charge in [-0.15, -0.1) is 11.3 Å². The van der Waals surface area contributed by atoms with E-state index in [2.05, 4.69) is 28.0 Å². The number of amides is 5. The summed E-state index contributed by atoms with van der Waals surface area (Å²) < 4.78 is 0. The van der Waals surface area contributed by atoms with Crippen LogP contribution in [-0.2, 0) is 35.5 Å². The van der Waals surface area contributed by atoms with Crippen LogP contribution in [-0.4, -0.2) is 97.8 Å². The van der Waals surface area contributed by atoms with E-state index in [9.17, 15) is 29.4 Å². The Hall–Kier alpha value is -4.53. The summed E-state index contributed by atoms with van der Waals surface area (Å²) in [5, 5.41) is 28.5. The monoisotopic (exact) mass is 763 g/mol. The molecule has 3 aromatic rings. The molecule has 3 heterocycles. The first-order valence-electron chi connectivity index (χ1n) is 18.7. The lowest BCUT2D eigenvalue weighted by molar-refractivity contribution is -0.132. The number of urea groups is 1. The molecule has 0 unspecified atom stereocenters. The molecule has 14 heteroatoms. The SMILES string of the molecule is CCc1ccc(CN(C[C@H](O)[C@H](Cc2ccccc2)NC(=O)[C@H]([C@@H](C)CC)N2CCN(Cc3cccc(C)n3)C2=O)NC(=O)[C@@H](NC(=O)O)C(C)(C)C)s1. The quantitative estimate of drug-likeness (QED) is 0.113. The molecule has 0 radical (unpaired) electrons. The number of aromatic nitrogens is 1. The van der Waals surface area contributed by atoms with Gasteiger partial charge in [0.25, 0.3) is 5.91 Å². The normalized spacial score (nSPS) is 16.1. The lowest BCUT2D eigenvalue weighted by Gasteiger charge is -2.36. The second-order valence-electron chi connectivity index (χ2n) is 15.2. The van der Waals surface area contributed by atoms with E-state index in [0.29, 0.717) is 26.1 Å². The van der Waals surface area contributed by atoms with Crippen molar-refractivity contribution >= 4 is 35.3 Å². The molecule has 4 rings (SSSR count). The first kappa shape index (κ1) is 42.2. The van der Waals surface area contributed by atoms with Crippen LogP contribution in [0.4, 0.5) is 9.59 Å². The highest BCUT2D eigenvalue weighted by atomic mass is 32.1. The van der Waals surface area contributed by atoms with Crippen LogP contribution in [0.15, 0.2) is 60.7 Å². The molecule has 2 aromatic heterocycles. The van der Waals surface area contributed by atoms with E-state index in [0.717, 1.165) is 33.1 Å². The Bertz CT molecular complexity index is 1710. The Balaban J connectivity index is 1.60. The second kappa shape index (κ2) is 19.2. The Morgan fingerprint density at radius 3 is 2.28 bits per heavy atom. The van der Waals surface area contributed by atoms with E-state index >= 15 is 0 Å². The van der Waals surface area contributed by atoms with Gasteiger partial charge in [-0.25, -0.2) is 14.6 Å². The van der Waals surface area contributed by atoms with Gasteiger partial charge in [-0.05, 0) is 60.9 Å². The third kappa shape index (κ3) is 11.7. The molecule has 0 spiro atoms. The fraction of sp³-hybridized carbons (Fsp3) is 0.525. The number of thiophene rings is 1. The van der Waals surface area contributed by atoms with Crippen LogP contribution in [0.1, 0.15) is 74.7 Å². The van der Waals surface area contributed by atoms with Crippen LogP contribution in [0.2, 0.25) is 0 Å². The molecule has 1 aliphatic rings. The number of carbonyl (C=O) groups is 4. The van der Waals surface area contributed by atoms with Crippen LogP contribution >= 0.6 is 11.3 Å². The van der Waals surface area contributed by atoms with Gasteiger partial charge < -0.3 is 30.6 Å². The molecule has 5 N–H and O–H groups in total. The van der Waals surface area contributed by atoms with Crippen molar-refractivity contribution in [2.24, 2.45) is 11.3 Å². The molecule has 1 fully saturated rings. The van der Waals surface area contributed by atoms with E-state index in [1.165, 1.54) is 0 Å². The van der Waals surface area contributed by atoms with Gasteiger partial charge in [0.15, 0.2) is 0 Å². The number of nitrogens with zero attached hydrogens (tertiary/aromatic N) is 4. The molecule has 5 amide bonds. The van der Waals surface area contributed by atoms with E-state index in [4.69, 9.17) is 0 Å². The summed E-state index contributed by atoms with van der Waals surface area (Å²) in [5.74, 6) is -1.12. The number of hydrazine groups is 1. The van der Waals surface area contributed by atoms with Gasteiger partial charge >= 0.3 is 12.1 Å². The number of aliphatic hydroxyl groups excluding tert-OH is 1. The van der Waals surface area contributed by atoms with Crippen LogP contribution < -0.4 is 16.1 Å². The molecular formula is C40H57N7O6S. The van der Waals surface area contributed by atoms with Gasteiger partial charge in [0.05, 0.1) is 30.9 Å². The van der Waals surface area contributed by atoms with Crippen molar-refractivity contribution in [2.75, 3.05) is 19.6 Å². The molecule has 0 aliphatic carbocycles. The standard InChI is InChI=1S/C40H57N7O6S/c1-8-26(3)34(47-21-20-45(39(47)53)23-29-17-13-14-27(4)41-29)36(49)42-32(22-28-15-11-10-12-16-28)33(48)25-46(24-31-19-18-30(9-2)54-31)44-37(50)35(40(5,6)7)43-38(51)52/h10-19,26,32-35,43,48H,8-9,20-25H2,1-7H3,(H,42,49)(H,44,50)(H,51,52)/t26-,32-,33-,34-,35+/m0/s1. The number of hydrogen-bond donors (Lipinski definition) is 5. The number of benzene rings is 1. The van der Waals surface area contributed by atoms with Gasteiger partial charge in [-0.2, -0.15) is 0 Å². The van der Waals surface area contributed by atoms with Gasteiger partial charge in [-0.3, -0.25) is 20.0 Å². The predicted molar refractivity (Wildman–Crippen MR) is 209 cm³/mol. The average Bonchev–Trinajstić information content (AvgIpc) is 3.72. The first-order valence-corrected chi connectivity index (χ1v) is 19.5. The maximum atomic E-state index is 14.4. The molecule has 5 atom stereocenters. The van der Waals surface area contributed by atoms with E-state index < -0.39 is 41.6 Å². The minimum Gasteiger partial charge on any atom is -0.465 e. The maximum absolute atomic E-state index is 14.4. The molecule has 1 aromatic carbocycles. The Kier molecular flexibility index (Phi) is 15.0. The first-order chi connectivity index (χ1) is 25.6. The highest BCUT2D eigenvalue weighted by Gasteiger charge is 2.41. The fourth-order valence-electron chi connectivity index (χ4n) is 6.65. The molecule has 1 aliphatic heterocycles. The minimum atomic E-state index is -1.32. The largest absolute Gasteiger partial charge is 0.465 e. The van der Waals surface area contributed by atoms with Crippen LogP contribution in [0.3, 0.4) is 0 Å². The maximum Gasteiger partial charge on any atom is 0.405 e. The van der Waals surface area contributed by atoms with Crippen molar-refractivity contribution in [3.8, 4) is 0 Å². The Labute approximate surface area is 323 Å². The van der Waals surface area contributed by atoms with E-state index in [1.54, 1.807) is 46.9 Å². The van der Waals surface area contributed by atoms with E-state index in [-0.39, 0.29) is 37.4 Å². The predicted octanol–water partition coefficient (Wildman–Crippen LogP) is 4.97. The number of carbonyl (C=O) groups excluding carboxylic acids is 3. The number of hydrogen-bond acceptors (Lipinski definition) is 8. The minimum absolute atomic E-state index is 0.0826. The van der Waals surface area contributed by atoms with Gasteiger partial charge in [-0.1, -0.05) is 84.4 Å². The highest BCUT2D eigenvalue weighted by molar-refractivity contribution is 7.11. The average molecular weight is 764 g/mol. The third-order valence-electron chi connectivity index (χ3n) is 9.79. The van der Waals surface area contributed by atoms with Gasteiger partial charge in [0.1, 0.15) is 12.1 Å². The Morgan fingerprint density at radius 1 is 0.963 bits per heavy atom. The van der Waals surface area contributed by atoms with Crippen molar-refractivity contribution in [1.29, 1.82) is 0 Å². The molecule has 0 saturated carbocycles. The van der Waals surface area contributed by atoms with Crippen LogP contribution in [0.5, 0.6) is 0 Å². The Morgan fingerprint density at radius 2 is 1.67 bits per heavy atom. The third-order valence-corrected chi connectivity index (χ3v) is 11.0. The van der Waals surface area contributed by atoms with Crippen molar-refractivity contribution in [3.05, 3.63) is 87.4 Å². The number of pyridine rings is 1. The van der Waals surface area contributed by atoms with Crippen molar-refractivity contribution in [2.45, 2.75) is 105 Å². The molecule has 294 valence electrons. The lowest BCUT2D eigenvalue weighted by Crippen LogP contribution is -2.60. The number of carboxylic acid groups (broad SMARTS) is 1. The topological polar surface area (TPSA) is 167 Å². The number of nitrogens with one attached hydrogen (secondary N) is 3. The van der Waals surface area contributed by atoms with Crippen molar-refractivity contribution in [3.63, 3.8) is 0 Å². The molecule has 13 nitrogen and oxygen atoms in total. The summed E-state index contributed by atoms with van der Waals surface area (Å²) in [6.07, 6.45) is -0.734. The zero-order valence-corrected chi connectivity index (χ0v) is 33.4. The van der Waals surface area contributed by atoms with Gasteiger partial charge in [0.2, 0.25) is 5.91 Å². The van der Waals surface area contributed by atoms with Crippen molar-refractivity contribution < 1.29 is 29.4 Å². The highest BCUT2D eigenvalue weighted by Crippen LogP contribution is 2.24. The molecule has 0 bridgehead atoms. The summed E-state index contributed by atoms with van der Waals surface area (Å²) in [7, 11) is 0. The summed E-state index contributed by atoms with van der Waals surface area (Å²) in [4.78, 5) is 63.5. The van der Waals surface area contributed by atoms with Gasteiger partial charge in [0, 0.05) is 35.1 Å². The molecular weight excluding hydrogens is 707 g/mol. The zero-order chi connectivity index (χ0) is 39.6. The lowest BCUT2D eigenvalue weighted by atomic mass is 9.86. The van der Waals surface area contributed by atoms with Crippen LogP contribution in [0, 0.1) is 18.3 Å². The van der Waals surface area contributed by atoms with Crippen molar-refractivity contribution in [1.82, 2.24) is 35.9 Å². The number of rotatable bonds is 18. The van der Waals surface area contributed by atoms with Crippen LogP contribution in [0.25, 0.3) is 0 Å². The molecule has 1 saturated heterocycles. The second-order valence-corrected chi connectivity index (χ2v) is 16.4. The molecule has 54 heavy (non-hydrogen) atoms. The summed E-state index contributed by atoms with van der Waals surface area (Å²) in [5.41, 5.74) is 4.65. The fourth-order valence-corrected chi connectivity index (χ4v) is 7.62. The number of aliphatic hydroxyl groups is 1. The summed E-state index contributed by atoms with van der Waals surface area (Å²) >= 11 is 1.59. The smallest absolute Gasteiger partial charge is 0.405 e. The zero-order valence-electron chi connectivity index (χ0n) is 32.5. The number of aryl methyl sites for hydroxylation is 2.